The molecule has 0 radical (unpaired) electrons. The first-order valence-electron chi connectivity index (χ1n) is 8.44. The quantitative estimate of drug-likeness (QED) is 0.646. The number of halogens is 1. The van der Waals surface area contributed by atoms with Gasteiger partial charge in [0.25, 0.3) is 0 Å². The van der Waals surface area contributed by atoms with Crippen LogP contribution in [0.2, 0.25) is 0 Å². The molecule has 1 atom stereocenters. The van der Waals surface area contributed by atoms with Crippen molar-refractivity contribution in [3.05, 3.63) is 80.7 Å². The highest BCUT2D eigenvalue weighted by Crippen LogP contribution is 2.37. The van der Waals surface area contributed by atoms with E-state index in [1.807, 2.05) is 36.4 Å². The Labute approximate surface area is 169 Å². The molecule has 0 fully saturated rings. The number of aromatic nitrogens is 1. The maximum atomic E-state index is 13.0. The first kappa shape index (κ1) is 17.9. The van der Waals surface area contributed by atoms with E-state index in [0.29, 0.717) is 12.0 Å². The topological polar surface area (TPSA) is 65.8 Å². The summed E-state index contributed by atoms with van der Waals surface area (Å²) in [5, 5.41) is 16.4. The van der Waals surface area contributed by atoms with E-state index in [0.717, 1.165) is 19.9 Å². The standard InChI is InChI=1S/C20H16BrN3O2S/c21-19-8-7-14(27-19)10-20(26)24-17(15-5-1-2-6-18(15)25)11-16(23-24)13-4-3-9-22-12-13/h1-9,12,17,25H,10-11H2. The smallest absolute Gasteiger partial charge is 0.248 e. The lowest BCUT2D eigenvalue weighted by Gasteiger charge is -2.22. The number of hydrazone groups is 1. The molecule has 0 spiro atoms. The number of phenols is 1. The van der Waals surface area contributed by atoms with E-state index in [1.165, 1.54) is 16.3 Å². The van der Waals surface area contributed by atoms with E-state index in [1.54, 1.807) is 24.5 Å². The van der Waals surface area contributed by atoms with Gasteiger partial charge >= 0.3 is 0 Å². The van der Waals surface area contributed by atoms with Crippen LogP contribution in [0.15, 0.2) is 69.8 Å². The minimum absolute atomic E-state index is 0.100. The highest BCUT2D eigenvalue weighted by Gasteiger charge is 2.34. The van der Waals surface area contributed by atoms with Gasteiger partial charge in [0.1, 0.15) is 5.75 Å². The molecule has 3 heterocycles. The van der Waals surface area contributed by atoms with Gasteiger partial charge in [-0.2, -0.15) is 5.10 Å². The van der Waals surface area contributed by atoms with Gasteiger partial charge in [-0.25, -0.2) is 5.01 Å². The summed E-state index contributed by atoms with van der Waals surface area (Å²) >= 11 is 4.96. The Balaban J connectivity index is 1.67. The summed E-state index contributed by atoms with van der Waals surface area (Å²) in [6.45, 7) is 0. The molecule has 5 nitrogen and oxygen atoms in total. The summed E-state index contributed by atoms with van der Waals surface area (Å²) in [4.78, 5) is 18.1. The molecule has 1 aliphatic rings. The molecule has 7 heteroatoms. The zero-order chi connectivity index (χ0) is 18.8. The minimum atomic E-state index is -0.336. The molecule has 0 aliphatic carbocycles. The molecule has 1 aromatic carbocycles. The number of amides is 1. The predicted octanol–water partition coefficient (Wildman–Crippen LogP) is 4.53. The van der Waals surface area contributed by atoms with Crippen LogP contribution < -0.4 is 0 Å². The maximum Gasteiger partial charge on any atom is 0.248 e. The number of aromatic hydroxyl groups is 1. The van der Waals surface area contributed by atoms with Crippen molar-refractivity contribution < 1.29 is 9.90 Å². The monoisotopic (exact) mass is 441 g/mol. The Morgan fingerprint density at radius 3 is 2.78 bits per heavy atom. The van der Waals surface area contributed by atoms with Gasteiger partial charge in [0.05, 0.1) is 22.0 Å². The van der Waals surface area contributed by atoms with Gasteiger partial charge in [-0.3, -0.25) is 9.78 Å². The third kappa shape index (κ3) is 3.79. The zero-order valence-electron chi connectivity index (χ0n) is 14.2. The molecule has 1 aliphatic heterocycles. The molecule has 4 rings (SSSR count). The second-order valence-corrected chi connectivity index (χ2v) is 8.74. The third-order valence-corrected chi connectivity index (χ3v) is 6.03. The van der Waals surface area contributed by atoms with Crippen molar-refractivity contribution in [1.29, 1.82) is 0 Å². The Morgan fingerprint density at radius 2 is 2.07 bits per heavy atom. The van der Waals surface area contributed by atoms with Gasteiger partial charge in [0.15, 0.2) is 0 Å². The molecule has 1 amide bonds. The molecule has 1 N–H and O–H groups in total. The third-order valence-electron chi connectivity index (χ3n) is 4.41. The van der Waals surface area contributed by atoms with Gasteiger partial charge in [-0.1, -0.05) is 24.3 Å². The molecule has 27 heavy (non-hydrogen) atoms. The van der Waals surface area contributed by atoms with Crippen LogP contribution in [0.25, 0.3) is 0 Å². The van der Waals surface area contributed by atoms with Crippen molar-refractivity contribution in [2.75, 3.05) is 0 Å². The van der Waals surface area contributed by atoms with Crippen LogP contribution in [-0.2, 0) is 11.2 Å². The fourth-order valence-electron chi connectivity index (χ4n) is 3.14. The minimum Gasteiger partial charge on any atom is -0.508 e. The number of pyridine rings is 1. The lowest BCUT2D eigenvalue weighted by Crippen LogP contribution is -2.28. The SMILES string of the molecule is O=C(Cc1ccc(Br)s1)N1N=C(c2cccnc2)CC1c1ccccc1O. The maximum absolute atomic E-state index is 13.0. The number of carbonyl (C=O) groups excluding carboxylic acids is 1. The van der Waals surface area contributed by atoms with Crippen LogP contribution in [-0.4, -0.2) is 26.7 Å². The molecular formula is C20H16BrN3O2S. The second-order valence-electron chi connectivity index (χ2n) is 6.19. The van der Waals surface area contributed by atoms with Crippen LogP contribution in [0.1, 0.15) is 28.5 Å². The normalized spacial score (nSPS) is 16.4. The number of hydrogen-bond donors (Lipinski definition) is 1. The number of carbonyl (C=O) groups is 1. The summed E-state index contributed by atoms with van der Waals surface area (Å²) in [6.07, 6.45) is 4.25. The predicted molar refractivity (Wildman–Crippen MR) is 109 cm³/mol. The van der Waals surface area contributed by atoms with Gasteiger partial charge in [0, 0.05) is 34.8 Å². The van der Waals surface area contributed by atoms with E-state index in [9.17, 15) is 9.90 Å². The zero-order valence-corrected chi connectivity index (χ0v) is 16.7. The largest absolute Gasteiger partial charge is 0.508 e. The van der Waals surface area contributed by atoms with Gasteiger partial charge in [-0.05, 0) is 40.2 Å². The van der Waals surface area contributed by atoms with Crippen LogP contribution >= 0.6 is 27.3 Å². The van der Waals surface area contributed by atoms with Crippen LogP contribution in [0, 0.1) is 0 Å². The molecule has 0 saturated carbocycles. The Hall–Kier alpha value is -2.51. The first-order chi connectivity index (χ1) is 13.1. The van der Waals surface area contributed by atoms with Gasteiger partial charge < -0.3 is 5.11 Å². The number of phenolic OH excluding ortho intramolecular Hbond substituents is 1. The highest BCUT2D eigenvalue weighted by molar-refractivity contribution is 9.11. The van der Waals surface area contributed by atoms with Crippen LogP contribution in [0.4, 0.5) is 0 Å². The number of nitrogens with zero attached hydrogens (tertiary/aromatic N) is 3. The number of rotatable bonds is 4. The Kier molecular flexibility index (Phi) is 5.05. The molecule has 1 unspecified atom stereocenters. The Morgan fingerprint density at radius 1 is 1.22 bits per heavy atom. The van der Waals surface area contributed by atoms with Crippen molar-refractivity contribution in [1.82, 2.24) is 9.99 Å². The lowest BCUT2D eigenvalue weighted by atomic mass is 9.98. The molecule has 136 valence electrons. The van der Waals surface area contributed by atoms with E-state index in [4.69, 9.17) is 0 Å². The van der Waals surface area contributed by atoms with E-state index >= 15 is 0 Å². The van der Waals surface area contributed by atoms with Gasteiger partial charge in [-0.15, -0.1) is 11.3 Å². The Bertz CT molecular complexity index is 1000. The summed E-state index contributed by atoms with van der Waals surface area (Å²) in [5.41, 5.74) is 2.37. The molecule has 2 aromatic heterocycles. The number of benzene rings is 1. The fourth-order valence-corrected chi connectivity index (χ4v) is 4.61. The van der Waals surface area contributed by atoms with Crippen LogP contribution in [0.3, 0.4) is 0 Å². The highest BCUT2D eigenvalue weighted by atomic mass is 79.9. The summed E-state index contributed by atoms with van der Waals surface area (Å²) in [6, 6.07) is 14.4. The van der Waals surface area contributed by atoms with Crippen molar-refractivity contribution in [2.24, 2.45) is 5.10 Å². The molecule has 0 saturated heterocycles. The van der Waals surface area contributed by atoms with Crippen molar-refractivity contribution in [2.45, 2.75) is 18.9 Å². The van der Waals surface area contributed by atoms with Crippen LogP contribution in [0.5, 0.6) is 5.75 Å². The number of para-hydroxylation sites is 1. The van der Waals surface area contributed by atoms with Crippen molar-refractivity contribution in [3.63, 3.8) is 0 Å². The molecule has 0 bridgehead atoms. The molecule has 3 aromatic rings. The number of hydrogen-bond acceptors (Lipinski definition) is 5. The number of thiophene rings is 1. The summed E-state index contributed by atoms with van der Waals surface area (Å²) in [5.74, 6) is 0.0679. The van der Waals surface area contributed by atoms with Crippen molar-refractivity contribution in [3.8, 4) is 5.75 Å². The first-order valence-corrected chi connectivity index (χ1v) is 10.0. The average Bonchev–Trinajstić information content (AvgIpc) is 3.29. The summed E-state index contributed by atoms with van der Waals surface area (Å²) in [7, 11) is 0. The van der Waals surface area contributed by atoms with E-state index in [-0.39, 0.29) is 24.1 Å². The fraction of sp³-hybridized carbons (Fsp3) is 0.150. The van der Waals surface area contributed by atoms with Crippen molar-refractivity contribution >= 4 is 38.9 Å². The average molecular weight is 442 g/mol. The lowest BCUT2D eigenvalue weighted by molar-refractivity contribution is -0.132. The summed E-state index contributed by atoms with van der Waals surface area (Å²) < 4.78 is 0.989. The molecular weight excluding hydrogens is 426 g/mol. The second kappa shape index (κ2) is 7.62. The van der Waals surface area contributed by atoms with E-state index in [2.05, 4.69) is 26.0 Å². The van der Waals surface area contributed by atoms with Gasteiger partial charge in [0.2, 0.25) is 5.91 Å². The van der Waals surface area contributed by atoms with E-state index < -0.39 is 0 Å².